The van der Waals surface area contributed by atoms with Crippen LogP contribution in [0.25, 0.3) is 0 Å². The lowest BCUT2D eigenvalue weighted by Gasteiger charge is -2.23. The molecule has 0 aromatic rings. The number of rotatable bonds is 1. The van der Waals surface area contributed by atoms with Crippen LogP contribution in [0.15, 0.2) is 0 Å². The second-order valence-corrected chi connectivity index (χ2v) is 3.28. The quantitative estimate of drug-likeness (QED) is 0.572. The van der Waals surface area contributed by atoms with Gasteiger partial charge in [0, 0.05) is 6.54 Å². The Labute approximate surface area is 66.8 Å². The Kier molecular flexibility index (Phi) is 2.63. The van der Waals surface area contributed by atoms with Gasteiger partial charge in [-0.3, -0.25) is 0 Å². The topological polar surface area (TPSA) is 23.5 Å². The molecule has 0 aromatic carbocycles. The van der Waals surface area contributed by atoms with Gasteiger partial charge in [0.05, 0.1) is 17.6 Å². The van der Waals surface area contributed by atoms with Gasteiger partial charge in [-0.2, -0.15) is 0 Å². The van der Waals surface area contributed by atoms with Gasteiger partial charge in [-0.25, -0.2) is 0 Å². The monoisotopic (exact) mass is 159 g/mol. The van der Waals surface area contributed by atoms with Gasteiger partial charge in [-0.05, 0) is 19.8 Å². The standard InChI is InChI=1S/C7H13NOS/c1-6(10)8-4-2-3-7(8)5-9/h7,9H,2-5H2,1H3. The molecule has 0 aromatic heterocycles. The molecule has 1 aliphatic heterocycles. The normalized spacial score (nSPS) is 25.4. The van der Waals surface area contributed by atoms with Crippen LogP contribution in [-0.4, -0.2) is 34.2 Å². The van der Waals surface area contributed by atoms with Crippen molar-refractivity contribution in [1.82, 2.24) is 4.90 Å². The molecule has 1 heterocycles. The van der Waals surface area contributed by atoms with E-state index in [4.69, 9.17) is 17.3 Å². The first-order valence-corrected chi connectivity index (χ1v) is 4.04. The summed E-state index contributed by atoms with van der Waals surface area (Å²) in [4.78, 5) is 3.02. The van der Waals surface area contributed by atoms with Crippen LogP contribution in [0.1, 0.15) is 19.8 Å². The van der Waals surface area contributed by atoms with Crippen molar-refractivity contribution in [2.75, 3.05) is 13.2 Å². The van der Waals surface area contributed by atoms with Crippen molar-refractivity contribution in [1.29, 1.82) is 0 Å². The van der Waals surface area contributed by atoms with E-state index in [1.165, 1.54) is 6.42 Å². The highest BCUT2D eigenvalue weighted by Crippen LogP contribution is 2.16. The zero-order valence-corrected chi connectivity index (χ0v) is 7.02. The first-order valence-electron chi connectivity index (χ1n) is 3.63. The van der Waals surface area contributed by atoms with Gasteiger partial charge in [-0.1, -0.05) is 12.2 Å². The number of likely N-dealkylation sites (tertiary alicyclic amines) is 1. The minimum Gasteiger partial charge on any atom is -0.394 e. The zero-order valence-electron chi connectivity index (χ0n) is 6.21. The molecule has 0 saturated carbocycles. The molecule has 1 aliphatic rings. The smallest absolute Gasteiger partial charge is 0.0751 e. The number of hydrogen-bond donors (Lipinski definition) is 1. The first-order chi connectivity index (χ1) is 4.75. The average molecular weight is 159 g/mol. The van der Waals surface area contributed by atoms with Gasteiger partial charge >= 0.3 is 0 Å². The summed E-state index contributed by atoms with van der Waals surface area (Å²) in [6.07, 6.45) is 2.25. The number of nitrogens with zero attached hydrogens (tertiary/aromatic N) is 1. The Balaban J connectivity index is 2.50. The largest absolute Gasteiger partial charge is 0.394 e. The molecule has 1 N–H and O–H groups in total. The van der Waals surface area contributed by atoms with Gasteiger partial charge in [0.25, 0.3) is 0 Å². The van der Waals surface area contributed by atoms with E-state index < -0.39 is 0 Å². The number of aliphatic hydroxyl groups excluding tert-OH is 1. The predicted octanol–water partition coefficient (Wildman–Crippen LogP) is 0.790. The second kappa shape index (κ2) is 3.30. The Morgan fingerprint density at radius 2 is 2.50 bits per heavy atom. The molecule has 0 amide bonds. The maximum absolute atomic E-state index is 8.88. The van der Waals surface area contributed by atoms with Gasteiger partial charge in [0.15, 0.2) is 0 Å². The lowest BCUT2D eigenvalue weighted by molar-refractivity contribution is 0.209. The Morgan fingerprint density at radius 1 is 1.80 bits per heavy atom. The summed E-state index contributed by atoms with van der Waals surface area (Å²) >= 11 is 5.01. The second-order valence-electron chi connectivity index (χ2n) is 2.69. The molecule has 1 unspecified atom stereocenters. The van der Waals surface area contributed by atoms with Crippen LogP contribution in [0, 0.1) is 0 Å². The van der Waals surface area contributed by atoms with Gasteiger partial charge < -0.3 is 10.0 Å². The van der Waals surface area contributed by atoms with E-state index in [9.17, 15) is 0 Å². The maximum atomic E-state index is 8.88. The van der Waals surface area contributed by atoms with E-state index in [0.717, 1.165) is 18.0 Å². The molecule has 0 bridgehead atoms. The molecule has 0 spiro atoms. The van der Waals surface area contributed by atoms with Crippen molar-refractivity contribution < 1.29 is 5.11 Å². The van der Waals surface area contributed by atoms with Crippen LogP contribution in [0.3, 0.4) is 0 Å². The summed E-state index contributed by atoms with van der Waals surface area (Å²) in [6.45, 7) is 3.19. The highest BCUT2D eigenvalue weighted by atomic mass is 32.1. The van der Waals surface area contributed by atoms with Gasteiger partial charge in [0.2, 0.25) is 0 Å². The van der Waals surface area contributed by atoms with Crippen LogP contribution in [0.5, 0.6) is 0 Å². The minimum absolute atomic E-state index is 0.244. The van der Waals surface area contributed by atoms with E-state index in [0.29, 0.717) is 6.04 Å². The molecule has 1 saturated heterocycles. The maximum Gasteiger partial charge on any atom is 0.0751 e. The van der Waals surface area contributed by atoms with Crippen LogP contribution >= 0.6 is 12.2 Å². The van der Waals surface area contributed by atoms with E-state index in [-0.39, 0.29) is 6.61 Å². The molecule has 1 rings (SSSR count). The summed E-state index contributed by atoms with van der Waals surface area (Å²) in [5.74, 6) is 0. The first kappa shape index (κ1) is 7.95. The third-order valence-electron chi connectivity index (χ3n) is 1.99. The van der Waals surface area contributed by atoms with E-state index in [1.54, 1.807) is 0 Å². The Morgan fingerprint density at radius 3 is 2.90 bits per heavy atom. The van der Waals surface area contributed by atoms with Crippen molar-refractivity contribution in [3.8, 4) is 0 Å². The minimum atomic E-state index is 0.244. The molecule has 10 heavy (non-hydrogen) atoms. The number of thiocarbonyl (C=S) groups is 1. The van der Waals surface area contributed by atoms with E-state index >= 15 is 0 Å². The molecule has 0 radical (unpaired) electrons. The fraction of sp³-hybridized carbons (Fsp3) is 0.857. The Bertz CT molecular complexity index is 138. The summed E-state index contributed by atoms with van der Waals surface area (Å²) < 4.78 is 0. The highest BCUT2D eigenvalue weighted by Gasteiger charge is 2.23. The fourth-order valence-electron chi connectivity index (χ4n) is 1.44. The van der Waals surface area contributed by atoms with Gasteiger partial charge in [-0.15, -0.1) is 0 Å². The molecule has 3 heteroatoms. The summed E-state index contributed by atoms with van der Waals surface area (Å²) in [6, 6.07) is 0.303. The van der Waals surface area contributed by atoms with Crippen molar-refractivity contribution >= 4 is 17.2 Å². The Hall–Kier alpha value is -0.150. The third kappa shape index (κ3) is 1.47. The highest BCUT2D eigenvalue weighted by molar-refractivity contribution is 7.80. The summed E-state index contributed by atoms with van der Waals surface area (Å²) in [7, 11) is 0. The van der Waals surface area contributed by atoms with Crippen molar-refractivity contribution in [3.05, 3.63) is 0 Å². The number of hydrogen-bond acceptors (Lipinski definition) is 2. The van der Waals surface area contributed by atoms with Crippen LogP contribution in [-0.2, 0) is 0 Å². The molecule has 1 fully saturated rings. The summed E-state index contributed by atoms with van der Waals surface area (Å²) in [5, 5.41) is 8.88. The fourth-order valence-corrected chi connectivity index (χ4v) is 1.68. The van der Waals surface area contributed by atoms with Gasteiger partial charge in [0.1, 0.15) is 0 Å². The van der Waals surface area contributed by atoms with Crippen LogP contribution < -0.4 is 0 Å². The third-order valence-corrected chi connectivity index (χ3v) is 2.23. The molecular formula is C7H13NOS. The molecular weight excluding hydrogens is 146 g/mol. The zero-order chi connectivity index (χ0) is 7.56. The molecule has 0 aliphatic carbocycles. The SMILES string of the molecule is CC(=S)N1CCCC1CO. The lowest BCUT2D eigenvalue weighted by Crippen LogP contribution is -2.34. The van der Waals surface area contributed by atoms with Crippen molar-refractivity contribution in [3.63, 3.8) is 0 Å². The van der Waals surface area contributed by atoms with Crippen LogP contribution in [0.4, 0.5) is 0 Å². The van der Waals surface area contributed by atoms with Crippen LogP contribution in [0.2, 0.25) is 0 Å². The van der Waals surface area contributed by atoms with E-state index in [1.807, 2.05) is 6.92 Å². The molecule has 2 nitrogen and oxygen atoms in total. The van der Waals surface area contributed by atoms with Crippen molar-refractivity contribution in [2.45, 2.75) is 25.8 Å². The number of aliphatic hydroxyl groups is 1. The molecule has 58 valence electrons. The average Bonchev–Trinajstić information content (AvgIpc) is 2.33. The lowest BCUT2D eigenvalue weighted by atomic mass is 10.2. The molecule has 1 atom stereocenters. The van der Waals surface area contributed by atoms with E-state index in [2.05, 4.69) is 4.90 Å². The van der Waals surface area contributed by atoms with Crippen molar-refractivity contribution in [2.24, 2.45) is 0 Å². The predicted molar refractivity (Wildman–Crippen MR) is 45.1 cm³/mol. The summed E-state index contributed by atoms with van der Waals surface area (Å²) in [5.41, 5.74) is 0.